The van der Waals surface area contributed by atoms with Gasteiger partial charge in [0.15, 0.2) is 5.01 Å². The van der Waals surface area contributed by atoms with Gasteiger partial charge in [-0.1, -0.05) is 49.8 Å². The summed E-state index contributed by atoms with van der Waals surface area (Å²) in [5, 5.41) is 4.03. The quantitative estimate of drug-likeness (QED) is 0.284. The maximum Gasteiger partial charge on any atom is 0.308 e. The largest absolute Gasteiger partial charge is 0.469 e. The summed E-state index contributed by atoms with van der Waals surface area (Å²) in [7, 11) is 1.44. The number of hydrogen-bond donors (Lipinski definition) is 1. The maximum atomic E-state index is 13.5. The van der Waals surface area contributed by atoms with Crippen molar-refractivity contribution in [3.8, 4) is 0 Å². The summed E-state index contributed by atoms with van der Waals surface area (Å²) in [6.07, 6.45) is 7.09. The molecule has 214 valence electrons. The number of nitrogens with one attached hydrogen (secondary N) is 1. The summed E-state index contributed by atoms with van der Waals surface area (Å²) in [5.41, 5.74) is 4.34. The minimum atomic E-state index is -0.253. The first-order chi connectivity index (χ1) is 19.1. The van der Waals surface area contributed by atoms with E-state index in [0.29, 0.717) is 22.5 Å². The second-order valence-electron chi connectivity index (χ2n) is 12.1. The lowest BCUT2D eigenvalue weighted by Gasteiger charge is -2.34. The Morgan fingerprint density at radius 1 is 1.20 bits per heavy atom. The van der Waals surface area contributed by atoms with Crippen molar-refractivity contribution in [3.05, 3.63) is 51.4 Å². The first-order valence-electron chi connectivity index (χ1n) is 14.1. The smallest absolute Gasteiger partial charge is 0.308 e. The molecule has 1 aliphatic carbocycles. The molecule has 0 spiro atoms. The third-order valence-electron chi connectivity index (χ3n) is 8.48. The van der Waals surface area contributed by atoms with Crippen molar-refractivity contribution in [2.75, 3.05) is 26.7 Å². The lowest BCUT2D eigenvalue weighted by Crippen LogP contribution is -2.39. The van der Waals surface area contributed by atoms with Crippen LogP contribution in [-0.4, -0.2) is 58.5 Å². The number of aromatic nitrogens is 3. The van der Waals surface area contributed by atoms with Crippen LogP contribution >= 0.6 is 22.9 Å². The first-order valence-corrected chi connectivity index (χ1v) is 15.3. The zero-order valence-electron chi connectivity index (χ0n) is 23.7. The van der Waals surface area contributed by atoms with Crippen LogP contribution in [0.25, 0.3) is 10.3 Å². The number of carbonyl (C=O) groups is 2. The molecule has 2 aliphatic rings. The van der Waals surface area contributed by atoms with E-state index in [9.17, 15) is 9.59 Å². The summed E-state index contributed by atoms with van der Waals surface area (Å²) < 4.78 is 4.91. The number of amides is 1. The molecule has 2 atom stereocenters. The predicted molar refractivity (Wildman–Crippen MR) is 158 cm³/mol. The molecule has 1 N–H and O–H groups in total. The fourth-order valence-electron chi connectivity index (χ4n) is 5.85. The van der Waals surface area contributed by atoms with Crippen molar-refractivity contribution in [2.45, 2.75) is 65.3 Å². The van der Waals surface area contributed by atoms with Crippen molar-refractivity contribution in [1.29, 1.82) is 0 Å². The van der Waals surface area contributed by atoms with Gasteiger partial charge >= 0.3 is 5.97 Å². The summed E-state index contributed by atoms with van der Waals surface area (Å²) in [6, 6.07) is 5.54. The lowest BCUT2D eigenvalue weighted by atomic mass is 9.71. The number of methoxy groups -OCH3 is 1. The average molecular weight is 584 g/mol. The number of likely N-dealkylation sites (tertiary alicyclic amines) is 1. The van der Waals surface area contributed by atoms with Crippen LogP contribution < -0.4 is 5.32 Å². The molecule has 0 saturated carbocycles. The Morgan fingerprint density at radius 3 is 2.65 bits per heavy atom. The number of ether oxygens (including phenoxy) is 1. The molecule has 1 amide bonds. The molecule has 3 aromatic heterocycles. The first kappa shape index (κ1) is 28.9. The van der Waals surface area contributed by atoms with Crippen LogP contribution in [0, 0.1) is 17.3 Å². The number of fused-ring (bicyclic) bond motifs is 2. The highest BCUT2D eigenvalue weighted by Gasteiger charge is 2.30. The van der Waals surface area contributed by atoms with Crippen LogP contribution in [0.3, 0.4) is 0 Å². The van der Waals surface area contributed by atoms with Gasteiger partial charge < -0.3 is 15.0 Å². The number of pyridine rings is 2. The van der Waals surface area contributed by atoms with E-state index in [0.717, 1.165) is 73.3 Å². The van der Waals surface area contributed by atoms with Gasteiger partial charge in [-0.2, -0.15) is 0 Å². The van der Waals surface area contributed by atoms with Gasteiger partial charge in [0.05, 0.1) is 19.1 Å². The van der Waals surface area contributed by atoms with Gasteiger partial charge in [0.2, 0.25) is 0 Å². The molecule has 0 aromatic carbocycles. The van der Waals surface area contributed by atoms with E-state index in [1.807, 2.05) is 6.07 Å². The van der Waals surface area contributed by atoms with Gasteiger partial charge in [-0.15, -0.1) is 0 Å². The van der Waals surface area contributed by atoms with Gasteiger partial charge in [-0.05, 0) is 86.2 Å². The molecule has 1 fully saturated rings. The van der Waals surface area contributed by atoms with Gasteiger partial charge in [0, 0.05) is 18.4 Å². The van der Waals surface area contributed by atoms with Crippen LogP contribution in [0.4, 0.5) is 0 Å². The van der Waals surface area contributed by atoms with E-state index < -0.39 is 0 Å². The number of piperidine rings is 1. The molecule has 3 aromatic rings. The molecule has 5 rings (SSSR count). The number of rotatable bonds is 7. The highest BCUT2D eigenvalue weighted by Crippen LogP contribution is 2.38. The van der Waals surface area contributed by atoms with Gasteiger partial charge in [0.25, 0.3) is 5.91 Å². The number of aryl methyl sites for hydroxylation is 1. The molecule has 0 bridgehead atoms. The second kappa shape index (κ2) is 12.1. The standard InChI is InChI=1S/C30H38ClN5O3S/c1-30(2,3)21-6-7-22-20(15-21)16-24-27(34-22)40-28(35-24)26(37)33-23(19-5-8-25(31)32-17-19)11-14-36-12-9-18(10-13-36)29(38)39-4/h5,8,16-18,21,23H,6-7,9-15H2,1-4H3,(H,33,37). The molecule has 40 heavy (non-hydrogen) atoms. The zero-order valence-corrected chi connectivity index (χ0v) is 25.3. The third-order valence-corrected chi connectivity index (χ3v) is 9.67. The summed E-state index contributed by atoms with van der Waals surface area (Å²) in [6.45, 7) is 9.34. The van der Waals surface area contributed by atoms with Crippen LogP contribution in [0.2, 0.25) is 5.15 Å². The second-order valence-corrected chi connectivity index (χ2v) is 13.5. The summed E-state index contributed by atoms with van der Waals surface area (Å²) >= 11 is 7.39. The minimum Gasteiger partial charge on any atom is -0.469 e. The fraction of sp³-hybridized carbons (Fsp3) is 0.567. The van der Waals surface area contributed by atoms with E-state index in [2.05, 4.69) is 42.0 Å². The van der Waals surface area contributed by atoms with Crippen LogP contribution in [0.15, 0.2) is 24.4 Å². The molecule has 4 heterocycles. The van der Waals surface area contributed by atoms with Crippen molar-refractivity contribution < 1.29 is 14.3 Å². The Hall–Kier alpha value is -2.62. The Balaban J connectivity index is 1.29. The van der Waals surface area contributed by atoms with Gasteiger partial charge in [-0.25, -0.2) is 15.0 Å². The van der Waals surface area contributed by atoms with Crippen LogP contribution in [0.1, 0.15) is 79.1 Å². The van der Waals surface area contributed by atoms with E-state index >= 15 is 0 Å². The molecule has 8 nitrogen and oxygen atoms in total. The predicted octanol–water partition coefficient (Wildman–Crippen LogP) is 5.64. The van der Waals surface area contributed by atoms with E-state index in [1.165, 1.54) is 24.0 Å². The zero-order chi connectivity index (χ0) is 28.4. The van der Waals surface area contributed by atoms with Crippen LogP contribution in [-0.2, 0) is 22.4 Å². The molecule has 1 saturated heterocycles. The topological polar surface area (TPSA) is 97.3 Å². The minimum absolute atomic E-state index is 0.0325. The van der Waals surface area contributed by atoms with Crippen molar-refractivity contribution >= 4 is 45.2 Å². The summed E-state index contributed by atoms with van der Waals surface area (Å²) in [5.74, 6) is 0.241. The molecule has 2 unspecified atom stereocenters. The maximum absolute atomic E-state index is 13.5. The fourth-order valence-corrected chi connectivity index (χ4v) is 6.81. The highest BCUT2D eigenvalue weighted by atomic mass is 35.5. The third kappa shape index (κ3) is 6.64. The monoisotopic (exact) mass is 583 g/mol. The number of esters is 1. The Labute approximate surface area is 244 Å². The molecule has 1 aliphatic heterocycles. The number of hydrogen-bond acceptors (Lipinski definition) is 8. The van der Waals surface area contributed by atoms with E-state index in [1.54, 1.807) is 12.3 Å². The normalized spacial score (nSPS) is 19.3. The van der Waals surface area contributed by atoms with E-state index in [-0.39, 0.29) is 29.3 Å². The van der Waals surface area contributed by atoms with Crippen molar-refractivity contribution in [1.82, 2.24) is 25.2 Å². The van der Waals surface area contributed by atoms with Crippen molar-refractivity contribution in [2.24, 2.45) is 17.3 Å². The number of thiazole rings is 1. The molecule has 10 heteroatoms. The highest BCUT2D eigenvalue weighted by molar-refractivity contribution is 7.19. The van der Waals surface area contributed by atoms with Crippen molar-refractivity contribution in [3.63, 3.8) is 0 Å². The van der Waals surface area contributed by atoms with Crippen LogP contribution in [0.5, 0.6) is 0 Å². The van der Waals surface area contributed by atoms with E-state index in [4.69, 9.17) is 26.3 Å². The molecule has 0 radical (unpaired) electrons. The molecular formula is C30H38ClN5O3S. The Morgan fingerprint density at radius 2 is 1.98 bits per heavy atom. The number of nitrogens with zero attached hydrogens (tertiary/aromatic N) is 4. The average Bonchev–Trinajstić information content (AvgIpc) is 3.36. The number of halogens is 1. The Kier molecular flexibility index (Phi) is 8.73. The van der Waals surface area contributed by atoms with Gasteiger partial charge in [0.1, 0.15) is 15.5 Å². The van der Waals surface area contributed by atoms with Gasteiger partial charge in [-0.3, -0.25) is 9.59 Å². The number of carbonyl (C=O) groups excluding carboxylic acids is 2. The SMILES string of the molecule is COC(=O)C1CCN(CCC(NC(=O)c2nc3cc4c(nc3s2)CCC(C(C)(C)C)C4)c2ccc(Cl)nc2)CC1. The Bertz CT molecular complexity index is 1360. The molecular weight excluding hydrogens is 546 g/mol. The summed E-state index contributed by atoms with van der Waals surface area (Å²) in [4.78, 5) is 42.4. The lowest BCUT2D eigenvalue weighted by molar-refractivity contribution is -0.147.